The van der Waals surface area contributed by atoms with Gasteiger partial charge in [-0.25, -0.2) is 0 Å². The van der Waals surface area contributed by atoms with Crippen molar-refractivity contribution in [2.75, 3.05) is 13.2 Å². The summed E-state index contributed by atoms with van der Waals surface area (Å²) >= 11 is 0. The highest BCUT2D eigenvalue weighted by molar-refractivity contribution is 5.71. The standard InChI is InChI=1S/C67H122O6/c1-4-7-10-13-16-19-22-25-28-30-31-32-33-34-35-36-37-38-40-42-45-48-51-54-57-60-66(69)72-63-64(62-71-65(68)59-56-53-50-47-44-41-27-24-21-18-15-12-9-6-3)73-67(70)61-58-55-52-49-46-43-39-29-26-23-20-17-14-11-8-5-2/h7,10,16,19,25,28,31-32,64H,4-6,8-9,11-15,17-18,20-24,26-27,29-30,33-63H2,1-3H3/b10-7-,19-16-,28-25-,32-31-. The Bertz CT molecular complexity index is 1270. The molecule has 0 radical (unpaired) electrons. The molecule has 0 aromatic rings. The number of esters is 3. The van der Waals surface area contributed by atoms with Crippen LogP contribution in [0, 0.1) is 0 Å². The van der Waals surface area contributed by atoms with Gasteiger partial charge in [-0.2, -0.15) is 0 Å². The van der Waals surface area contributed by atoms with Crippen LogP contribution in [0.25, 0.3) is 0 Å². The summed E-state index contributed by atoms with van der Waals surface area (Å²) in [6, 6.07) is 0. The molecule has 1 atom stereocenters. The molecule has 6 nitrogen and oxygen atoms in total. The Morgan fingerprint density at radius 2 is 0.534 bits per heavy atom. The number of carbonyl (C=O) groups excluding carboxylic acids is 3. The summed E-state index contributed by atoms with van der Waals surface area (Å²) in [6.45, 7) is 6.59. The van der Waals surface area contributed by atoms with Crippen LogP contribution in [-0.4, -0.2) is 37.2 Å². The molecule has 0 spiro atoms. The van der Waals surface area contributed by atoms with E-state index in [1.807, 2.05) is 0 Å². The lowest BCUT2D eigenvalue weighted by atomic mass is 10.0. The molecule has 0 rings (SSSR count). The zero-order valence-electron chi connectivity index (χ0n) is 48.9. The Morgan fingerprint density at radius 3 is 0.836 bits per heavy atom. The Kier molecular flexibility index (Phi) is 59.7. The molecule has 0 N–H and O–H groups in total. The summed E-state index contributed by atoms with van der Waals surface area (Å²) < 4.78 is 16.9. The van der Waals surface area contributed by atoms with E-state index < -0.39 is 6.10 Å². The lowest BCUT2D eigenvalue weighted by molar-refractivity contribution is -0.167. The molecule has 0 aromatic carbocycles. The molecule has 0 bridgehead atoms. The van der Waals surface area contributed by atoms with Crippen molar-refractivity contribution in [1.82, 2.24) is 0 Å². The van der Waals surface area contributed by atoms with Crippen molar-refractivity contribution in [2.24, 2.45) is 0 Å². The maximum absolute atomic E-state index is 12.9. The van der Waals surface area contributed by atoms with Crippen LogP contribution in [0.2, 0.25) is 0 Å². The SMILES string of the molecule is CC/C=C\C/C=C\C/C=C\C/C=C\CCCCCCCCCCCCCCC(=O)OCC(COC(=O)CCCCCCCCCCCCCCCC)OC(=O)CCCCCCCCCCCCCCCCCC. The third kappa shape index (κ3) is 60.1. The van der Waals surface area contributed by atoms with Crippen LogP contribution in [0.3, 0.4) is 0 Å². The number of rotatable bonds is 59. The maximum atomic E-state index is 12.9. The maximum Gasteiger partial charge on any atom is 0.306 e. The minimum Gasteiger partial charge on any atom is -0.462 e. The molecule has 0 saturated carbocycles. The van der Waals surface area contributed by atoms with Crippen molar-refractivity contribution in [2.45, 2.75) is 348 Å². The molecule has 0 aliphatic carbocycles. The number of hydrogen-bond acceptors (Lipinski definition) is 6. The molecule has 6 heteroatoms. The van der Waals surface area contributed by atoms with Gasteiger partial charge >= 0.3 is 17.9 Å². The zero-order chi connectivity index (χ0) is 52.9. The fourth-order valence-corrected chi connectivity index (χ4v) is 9.56. The number of carbonyl (C=O) groups is 3. The van der Waals surface area contributed by atoms with Crippen molar-refractivity contribution in [3.8, 4) is 0 Å². The Morgan fingerprint density at radius 1 is 0.288 bits per heavy atom. The van der Waals surface area contributed by atoms with Crippen LogP contribution in [0.4, 0.5) is 0 Å². The summed E-state index contributed by atoms with van der Waals surface area (Å²) in [5, 5.41) is 0. The summed E-state index contributed by atoms with van der Waals surface area (Å²) in [5.41, 5.74) is 0. The van der Waals surface area contributed by atoms with E-state index in [0.29, 0.717) is 19.3 Å². The molecule has 73 heavy (non-hydrogen) atoms. The molecule has 0 fully saturated rings. The third-order valence-corrected chi connectivity index (χ3v) is 14.3. The van der Waals surface area contributed by atoms with Gasteiger partial charge in [-0.1, -0.05) is 313 Å². The smallest absolute Gasteiger partial charge is 0.306 e. The molecule has 0 aromatic heterocycles. The van der Waals surface area contributed by atoms with E-state index in [9.17, 15) is 14.4 Å². The minimum absolute atomic E-state index is 0.0674. The summed E-state index contributed by atoms with van der Waals surface area (Å²) in [6.07, 6.45) is 76.9. The van der Waals surface area contributed by atoms with Gasteiger partial charge in [-0.05, 0) is 57.8 Å². The van der Waals surface area contributed by atoms with Gasteiger partial charge in [-0.15, -0.1) is 0 Å². The minimum atomic E-state index is -0.770. The topological polar surface area (TPSA) is 78.9 Å². The molecule has 0 aliphatic heterocycles. The quantitative estimate of drug-likeness (QED) is 0.0261. The monoisotopic (exact) mass is 1020 g/mol. The van der Waals surface area contributed by atoms with Crippen LogP contribution in [-0.2, 0) is 28.6 Å². The van der Waals surface area contributed by atoms with Crippen molar-refractivity contribution in [1.29, 1.82) is 0 Å². The van der Waals surface area contributed by atoms with Crippen LogP contribution in [0.1, 0.15) is 342 Å². The number of unbranched alkanes of at least 4 members (excludes halogenated alkanes) is 40. The van der Waals surface area contributed by atoms with E-state index in [-0.39, 0.29) is 31.1 Å². The van der Waals surface area contributed by atoms with Crippen molar-refractivity contribution in [3.63, 3.8) is 0 Å². The van der Waals surface area contributed by atoms with Gasteiger partial charge in [0, 0.05) is 19.3 Å². The zero-order valence-corrected chi connectivity index (χ0v) is 48.9. The van der Waals surface area contributed by atoms with Gasteiger partial charge in [0.05, 0.1) is 0 Å². The first-order chi connectivity index (χ1) is 36.0. The first kappa shape index (κ1) is 70.4. The first-order valence-electron chi connectivity index (χ1n) is 32.1. The Balaban J connectivity index is 4.26. The number of ether oxygens (including phenoxy) is 3. The summed E-state index contributed by atoms with van der Waals surface area (Å²) in [7, 11) is 0. The van der Waals surface area contributed by atoms with Gasteiger partial charge in [0.2, 0.25) is 0 Å². The van der Waals surface area contributed by atoms with Gasteiger partial charge in [-0.3, -0.25) is 14.4 Å². The molecular formula is C67H122O6. The fraction of sp³-hybridized carbons (Fsp3) is 0.836. The van der Waals surface area contributed by atoms with Crippen LogP contribution >= 0.6 is 0 Å². The van der Waals surface area contributed by atoms with E-state index in [1.165, 1.54) is 218 Å². The largest absolute Gasteiger partial charge is 0.462 e. The predicted molar refractivity (Wildman–Crippen MR) is 316 cm³/mol. The van der Waals surface area contributed by atoms with Crippen LogP contribution in [0.5, 0.6) is 0 Å². The Labute approximate surface area is 454 Å². The summed E-state index contributed by atoms with van der Waals surface area (Å²) in [4.78, 5) is 38.3. The van der Waals surface area contributed by atoms with E-state index in [1.54, 1.807) is 0 Å². The normalized spacial score (nSPS) is 12.3. The van der Waals surface area contributed by atoms with Gasteiger partial charge < -0.3 is 14.2 Å². The van der Waals surface area contributed by atoms with Gasteiger partial charge in [0.15, 0.2) is 6.10 Å². The highest BCUT2D eigenvalue weighted by Crippen LogP contribution is 2.18. The highest BCUT2D eigenvalue weighted by atomic mass is 16.6. The average molecular weight is 1020 g/mol. The first-order valence-corrected chi connectivity index (χ1v) is 32.1. The number of hydrogen-bond donors (Lipinski definition) is 0. The van der Waals surface area contributed by atoms with Crippen molar-refractivity contribution >= 4 is 17.9 Å². The second kappa shape index (κ2) is 61.9. The van der Waals surface area contributed by atoms with E-state index >= 15 is 0 Å². The lowest BCUT2D eigenvalue weighted by Gasteiger charge is -2.18. The van der Waals surface area contributed by atoms with Crippen molar-refractivity contribution < 1.29 is 28.6 Å². The highest BCUT2D eigenvalue weighted by Gasteiger charge is 2.19. The average Bonchev–Trinajstić information content (AvgIpc) is 3.39. The molecular weight excluding hydrogens is 901 g/mol. The van der Waals surface area contributed by atoms with E-state index in [2.05, 4.69) is 69.4 Å². The second-order valence-electron chi connectivity index (χ2n) is 21.7. The fourth-order valence-electron chi connectivity index (χ4n) is 9.56. The molecule has 1 unspecified atom stereocenters. The number of allylic oxidation sites excluding steroid dienone is 8. The molecule has 0 amide bonds. The van der Waals surface area contributed by atoms with Crippen molar-refractivity contribution in [3.05, 3.63) is 48.6 Å². The molecule has 0 heterocycles. The van der Waals surface area contributed by atoms with Crippen LogP contribution < -0.4 is 0 Å². The van der Waals surface area contributed by atoms with Gasteiger partial charge in [0.1, 0.15) is 13.2 Å². The third-order valence-electron chi connectivity index (χ3n) is 14.3. The van der Waals surface area contributed by atoms with E-state index in [0.717, 1.165) is 83.5 Å². The Hall–Kier alpha value is -2.63. The van der Waals surface area contributed by atoms with Crippen LogP contribution in [0.15, 0.2) is 48.6 Å². The predicted octanol–water partition coefficient (Wildman–Crippen LogP) is 21.8. The van der Waals surface area contributed by atoms with Gasteiger partial charge in [0.25, 0.3) is 0 Å². The molecule has 0 aliphatic rings. The van der Waals surface area contributed by atoms with E-state index in [4.69, 9.17) is 14.2 Å². The molecule has 0 saturated heterocycles. The molecule has 426 valence electrons. The second-order valence-corrected chi connectivity index (χ2v) is 21.7. The lowest BCUT2D eigenvalue weighted by Crippen LogP contribution is -2.30. The summed E-state index contributed by atoms with van der Waals surface area (Å²) in [5.74, 6) is -0.845.